The molecule has 3 amide bonds. The Morgan fingerprint density at radius 2 is 1.75 bits per heavy atom. The first-order valence-corrected chi connectivity index (χ1v) is 11.8. The Balaban J connectivity index is 2.34. The number of amides is 3. The number of urea groups is 1. The number of rotatable bonds is 4. The maximum Gasteiger partial charge on any atom is 0.416 e. The molecule has 176 valence electrons. The average molecular weight is 514 g/mol. The van der Waals surface area contributed by atoms with Crippen LogP contribution in [0.25, 0.3) is 0 Å². The van der Waals surface area contributed by atoms with Crippen LogP contribution in [0.15, 0.2) is 40.0 Å². The fraction of sp³-hybridized carbons (Fsp3) is 0.368. The zero-order valence-electron chi connectivity index (χ0n) is 17.0. The van der Waals surface area contributed by atoms with Gasteiger partial charge in [0.1, 0.15) is 0 Å². The lowest BCUT2D eigenvalue weighted by molar-refractivity contribution is -0.137. The predicted molar refractivity (Wildman–Crippen MR) is 116 cm³/mol. The van der Waals surface area contributed by atoms with Crippen LogP contribution in [0.1, 0.15) is 29.8 Å². The number of alkyl halides is 3. The minimum atomic E-state index is -4.72. The largest absolute Gasteiger partial charge is 0.416 e. The lowest BCUT2D eigenvalue weighted by Gasteiger charge is -2.27. The Bertz CT molecular complexity index is 1070. The van der Waals surface area contributed by atoms with E-state index in [-0.39, 0.29) is 45.9 Å². The molecule has 1 heterocycles. The third kappa shape index (κ3) is 6.63. The molecule has 0 radical (unpaired) electrons. The molecule has 0 unspecified atom stereocenters. The van der Waals surface area contributed by atoms with E-state index >= 15 is 0 Å². The first kappa shape index (κ1) is 26.0. The van der Waals surface area contributed by atoms with E-state index in [1.165, 1.54) is 17.9 Å². The van der Waals surface area contributed by atoms with Gasteiger partial charge in [0, 0.05) is 18.8 Å². The van der Waals surface area contributed by atoms with Gasteiger partial charge in [-0.05, 0) is 32.0 Å². The van der Waals surface area contributed by atoms with Crippen molar-refractivity contribution >= 4 is 50.7 Å². The molecular weight excluding hydrogens is 494 g/mol. The highest BCUT2D eigenvalue weighted by Crippen LogP contribution is 2.33. The van der Waals surface area contributed by atoms with Gasteiger partial charge in [0.25, 0.3) is 5.91 Å². The van der Waals surface area contributed by atoms with E-state index in [0.717, 1.165) is 6.07 Å². The smallest absolute Gasteiger partial charge is 0.337 e. The number of allylic oxidation sites excluding steroid dienone is 4. The number of halogens is 5. The number of hydrogen-bond acceptors (Lipinski definition) is 4. The number of anilines is 1. The molecule has 0 saturated carbocycles. The van der Waals surface area contributed by atoms with Crippen LogP contribution in [0, 0.1) is 0 Å². The van der Waals surface area contributed by atoms with Crippen molar-refractivity contribution in [3.63, 3.8) is 0 Å². The van der Waals surface area contributed by atoms with Gasteiger partial charge in [0.2, 0.25) is 0 Å². The van der Waals surface area contributed by atoms with Gasteiger partial charge in [0.15, 0.2) is 9.84 Å². The van der Waals surface area contributed by atoms with E-state index in [4.69, 9.17) is 23.2 Å². The van der Waals surface area contributed by atoms with Crippen LogP contribution in [-0.4, -0.2) is 49.9 Å². The molecule has 2 rings (SSSR count). The number of carbonyl (C=O) groups excluding carboxylic acids is 2. The Morgan fingerprint density at radius 3 is 2.28 bits per heavy atom. The van der Waals surface area contributed by atoms with Crippen LogP contribution in [0.5, 0.6) is 0 Å². The summed E-state index contributed by atoms with van der Waals surface area (Å²) in [6.45, 7) is 2.84. The topological polar surface area (TPSA) is 95.6 Å². The third-order valence-electron chi connectivity index (χ3n) is 4.55. The molecule has 7 nitrogen and oxygen atoms in total. The van der Waals surface area contributed by atoms with E-state index in [1.54, 1.807) is 6.92 Å². The van der Waals surface area contributed by atoms with E-state index in [0.29, 0.717) is 12.1 Å². The summed E-state index contributed by atoms with van der Waals surface area (Å²) in [5.74, 6) is -1.21. The van der Waals surface area contributed by atoms with Gasteiger partial charge in [-0.2, -0.15) is 13.2 Å². The van der Waals surface area contributed by atoms with Gasteiger partial charge < -0.3 is 15.5 Å². The highest BCUT2D eigenvalue weighted by Gasteiger charge is 2.33. The predicted octanol–water partition coefficient (Wildman–Crippen LogP) is 4.31. The van der Waals surface area contributed by atoms with Crippen LogP contribution < -0.4 is 10.6 Å². The van der Waals surface area contributed by atoms with Crippen molar-refractivity contribution in [1.82, 2.24) is 10.2 Å². The van der Waals surface area contributed by atoms with E-state index in [2.05, 4.69) is 10.6 Å². The van der Waals surface area contributed by atoms with E-state index in [9.17, 15) is 31.2 Å². The number of nitrogens with zero attached hydrogens (tertiary/aromatic N) is 1. The summed E-state index contributed by atoms with van der Waals surface area (Å²) in [4.78, 5) is 26.4. The van der Waals surface area contributed by atoms with Crippen molar-refractivity contribution in [2.45, 2.75) is 20.0 Å². The molecular formula is C19H20Cl2F3N3O4S. The minimum Gasteiger partial charge on any atom is -0.337 e. The number of carbonyl (C=O) groups is 2. The van der Waals surface area contributed by atoms with Crippen LogP contribution in [0.2, 0.25) is 0 Å². The molecule has 0 spiro atoms. The summed E-state index contributed by atoms with van der Waals surface area (Å²) in [5, 5.41) is 4.76. The Hall–Kier alpha value is -2.24. The van der Waals surface area contributed by atoms with Crippen molar-refractivity contribution in [3.05, 3.63) is 51.2 Å². The van der Waals surface area contributed by atoms with E-state index in [1.807, 2.05) is 0 Å². The van der Waals surface area contributed by atoms with E-state index < -0.39 is 39.2 Å². The Kier molecular flexibility index (Phi) is 8.24. The molecule has 1 fully saturated rings. The van der Waals surface area contributed by atoms with Gasteiger partial charge in [-0.3, -0.25) is 4.79 Å². The van der Waals surface area contributed by atoms with Crippen LogP contribution in [-0.2, 0) is 16.0 Å². The molecule has 1 aliphatic heterocycles. The number of nitrogens with one attached hydrogen (secondary N) is 2. The molecule has 0 bridgehead atoms. The van der Waals surface area contributed by atoms with Crippen molar-refractivity contribution < 1.29 is 31.2 Å². The molecule has 13 heteroatoms. The third-order valence-corrected chi connectivity index (χ3v) is 7.15. The standard InChI is InChI=1S/C19H20Cl2F3N3O4S/c1-3-14(20)16(21)11(2)25-18(29)26-15-10-12(19(22,23)24)4-5-13(15)17(28)27-6-8-32(30,31)9-7-27/h3-5,10H,6-9H2,1-2H3,(H2,25,26,29)/b14-3+,16-11-. The van der Waals surface area contributed by atoms with Gasteiger partial charge >= 0.3 is 12.2 Å². The first-order chi connectivity index (χ1) is 14.7. The second-order valence-corrected chi connectivity index (χ2v) is 9.95. The first-order valence-electron chi connectivity index (χ1n) is 9.22. The maximum atomic E-state index is 13.2. The van der Waals surface area contributed by atoms with Crippen LogP contribution in [0.3, 0.4) is 0 Å². The molecule has 0 aromatic heterocycles. The maximum absolute atomic E-state index is 13.2. The molecule has 0 aliphatic carbocycles. The van der Waals surface area contributed by atoms with Gasteiger partial charge in [-0.1, -0.05) is 29.3 Å². The average Bonchev–Trinajstić information content (AvgIpc) is 2.71. The number of hydrogen-bond donors (Lipinski definition) is 2. The van der Waals surface area contributed by atoms with Crippen molar-refractivity contribution in [3.8, 4) is 0 Å². The monoisotopic (exact) mass is 513 g/mol. The van der Waals surface area contributed by atoms with Gasteiger partial charge in [-0.25, -0.2) is 13.2 Å². The van der Waals surface area contributed by atoms with Gasteiger partial charge in [-0.15, -0.1) is 0 Å². The summed E-state index contributed by atoms with van der Waals surface area (Å²) in [7, 11) is -3.27. The second kappa shape index (κ2) is 10.1. The fourth-order valence-electron chi connectivity index (χ4n) is 2.78. The Morgan fingerprint density at radius 1 is 1.16 bits per heavy atom. The summed E-state index contributed by atoms with van der Waals surface area (Å²) in [5.41, 5.74) is -1.55. The quantitative estimate of drug-likeness (QED) is 0.586. The summed E-state index contributed by atoms with van der Waals surface area (Å²) in [6.07, 6.45) is -3.23. The molecule has 1 saturated heterocycles. The van der Waals surface area contributed by atoms with Crippen molar-refractivity contribution in [1.29, 1.82) is 0 Å². The summed E-state index contributed by atoms with van der Waals surface area (Å²) >= 11 is 11.9. The minimum absolute atomic E-state index is 0.0270. The molecule has 0 atom stereocenters. The second-order valence-electron chi connectivity index (χ2n) is 6.86. The number of sulfone groups is 1. The van der Waals surface area contributed by atoms with Crippen LogP contribution >= 0.6 is 23.2 Å². The zero-order chi connectivity index (χ0) is 24.3. The molecule has 1 aromatic carbocycles. The molecule has 1 aliphatic rings. The lowest BCUT2D eigenvalue weighted by atomic mass is 10.1. The fourth-order valence-corrected chi connectivity index (χ4v) is 4.28. The lowest BCUT2D eigenvalue weighted by Crippen LogP contribution is -2.44. The normalized spacial score (nSPS) is 17.5. The van der Waals surface area contributed by atoms with Crippen molar-refractivity contribution in [2.75, 3.05) is 29.9 Å². The zero-order valence-corrected chi connectivity index (χ0v) is 19.3. The highest BCUT2D eigenvalue weighted by atomic mass is 35.5. The number of benzene rings is 1. The molecule has 1 aromatic rings. The Labute approximate surface area is 193 Å². The van der Waals surface area contributed by atoms with Gasteiger partial charge in [0.05, 0.1) is 38.4 Å². The highest BCUT2D eigenvalue weighted by molar-refractivity contribution is 7.91. The summed E-state index contributed by atoms with van der Waals surface area (Å²) in [6, 6.07) is 1.34. The SMILES string of the molecule is C/C=C(Cl)\C(Cl)=C(/C)NC(=O)Nc1cc(C(F)(F)F)ccc1C(=O)N1CCS(=O)(=O)CC1. The van der Waals surface area contributed by atoms with Crippen LogP contribution in [0.4, 0.5) is 23.7 Å². The molecule has 2 N–H and O–H groups in total. The van der Waals surface area contributed by atoms with Crippen molar-refractivity contribution in [2.24, 2.45) is 0 Å². The molecule has 32 heavy (non-hydrogen) atoms. The summed E-state index contributed by atoms with van der Waals surface area (Å²) < 4.78 is 62.7.